The van der Waals surface area contributed by atoms with E-state index in [1.165, 1.54) is 24.3 Å². The lowest BCUT2D eigenvalue weighted by Crippen LogP contribution is -2.12. The van der Waals surface area contributed by atoms with Gasteiger partial charge in [-0.1, -0.05) is 12.1 Å². The topological polar surface area (TPSA) is 98.3 Å². The van der Waals surface area contributed by atoms with Gasteiger partial charge in [0.2, 0.25) is 0 Å². The highest BCUT2D eigenvalue weighted by molar-refractivity contribution is 6.04. The van der Waals surface area contributed by atoms with Gasteiger partial charge in [-0.15, -0.1) is 0 Å². The average Bonchev–Trinajstić information content (AvgIpc) is 2.39. The van der Waals surface area contributed by atoms with E-state index >= 15 is 0 Å². The van der Waals surface area contributed by atoms with Crippen LogP contribution >= 0.6 is 0 Å². The van der Waals surface area contributed by atoms with Crippen LogP contribution in [0.3, 0.4) is 0 Å². The number of nitrogen functional groups attached to an aromatic ring is 1. The van der Waals surface area contributed by atoms with Crippen LogP contribution in [0.15, 0.2) is 48.5 Å². The Morgan fingerprint density at radius 3 is 2.58 bits per heavy atom. The maximum atomic E-state index is 11.9. The lowest BCUT2D eigenvalue weighted by molar-refractivity contribution is -0.384. The first kappa shape index (κ1) is 12.6. The highest BCUT2D eigenvalue weighted by atomic mass is 16.6. The summed E-state index contributed by atoms with van der Waals surface area (Å²) >= 11 is 0. The van der Waals surface area contributed by atoms with E-state index in [2.05, 4.69) is 5.32 Å². The maximum absolute atomic E-state index is 11.9. The summed E-state index contributed by atoms with van der Waals surface area (Å²) in [6, 6.07) is 12.2. The smallest absolute Gasteiger partial charge is 0.271 e. The van der Waals surface area contributed by atoms with Gasteiger partial charge in [0.1, 0.15) is 0 Å². The molecule has 0 bridgehead atoms. The van der Waals surface area contributed by atoms with Gasteiger partial charge in [-0.05, 0) is 24.3 Å². The molecule has 0 aliphatic heterocycles. The predicted molar refractivity (Wildman–Crippen MR) is 71.9 cm³/mol. The minimum absolute atomic E-state index is 0.0784. The molecule has 1 amide bonds. The molecule has 0 atom stereocenters. The van der Waals surface area contributed by atoms with Gasteiger partial charge in [0.05, 0.1) is 4.92 Å². The summed E-state index contributed by atoms with van der Waals surface area (Å²) in [6.45, 7) is 0. The number of hydrogen-bond donors (Lipinski definition) is 2. The molecule has 3 N–H and O–H groups in total. The van der Waals surface area contributed by atoms with Crippen molar-refractivity contribution in [2.24, 2.45) is 0 Å². The Morgan fingerprint density at radius 1 is 1.16 bits per heavy atom. The number of nitrogens with two attached hydrogens (primary N) is 1. The summed E-state index contributed by atoms with van der Waals surface area (Å²) in [7, 11) is 0. The number of anilines is 2. The van der Waals surface area contributed by atoms with Crippen LogP contribution in [0.25, 0.3) is 0 Å². The van der Waals surface area contributed by atoms with Crippen molar-refractivity contribution < 1.29 is 9.72 Å². The Morgan fingerprint density at radius 2 is 1.89 bits per heavy atom. The maximum Gasteiger partial charge on any atom is 0.271 e. The molecule has 0 heterocycles. The molecule has 0 saturated heterocycles. The molecule has 0 aliphatic carbocycles. The van der Waals surface area contributed by atoms with E-state index in [1.54, 1.807) is 24.3 Å². The second-order valence-corrected chi connectivity index (χ2v) is 3.89. The number of amides is 1. The fourth-order valence-corrected chi connectivity index (χ4v) is 1.58. The van der Waals surface area contributed by atoms with E-state index in [0.29, 0.717) is 16.9 Å². The van der Waals surface area contributed by atoms with Crippen LogP contribution < -0.4 is 11.1 Å². The van der Waals surface area contributed by atoms with E-state index in [4.69, 9.17) is 5.73 Å². The van der Waals surface area contributed by atoms with E-state index in [9.17, 15) is 14.9 Å². The van der Waals surface area contributed by atoms with Crippen LogP contribution in [0.2, 0.25) is 0 Å². The zero-order valence-electron chi connectivity index (χ0n) is 9.87. The summed E-state index contributed by atoms with van der Waals surface area (Å²) in [6.07, 6.45) is 0. The summed E-state index contributed by atoms with van der Waals surface area (Å²) in [5, 5.41) is 13.2. The largest absolute Gasteiger partial charge is 0.399 e. The Labute approximate surface area is 109 Å². The molecule has 2 aromatic carbocycles. The Hall–Kier alpha value is -2.89. The van der Waals surface area contributed by atoms with Crippen molar-refractivity contribution >= 4 is 23.0 Å². The standard InChI is InChI=1S/C13H11N3O3/c14-10-4-1-3-9(7-10)13(17)15-11-5-2-6-12(8-11)16(18)19/h1-8H,14H2,(H,15,17). The number of hydrogen-bond acceptors (Lipinski definition) is 4. The highest BCUT2D eigenvalue weighted by Gasteiger charge is 2.09. The third-order valence-electron chi connectivity index (χ3n) is 2.46. The first-order valence-corrected chi connectivity index (χ1v) is 5.47. The van der Waals surface area contributed by atoms with Gasteiger partial charge in [-0.2, -0.15) is 0 Å². The molecule has 0 spiro atoms. The Kier molecular flexibility index (Phi) is 3.42. The molecule has 2 aromatic rings. The van der Waals surface area contributed by atoms with Gasteiger partial charge in [0.15, 0.2) is 0 Å². The van der Waals surface area contributed by atoms with Crippen molar-refractivity contribution in [1.29, 1.82) is 0 Å². The molecule has 19 heavy (non-hydrogen) atoms. The van der Waals surface area contributed by atoms with Crippen molar-refractivity contribution in [3.8, 4) is 0 Å². The van der Waals surface area contributed by atoms with E-state index in [-0.39, 0.29) is 11.6 Å². The number of nitrogens with zero attached hydrogens (tertiary/aromatic N) is 1. The van der Waals surface area contributed by atoms with Crippen molar-refractivity contribution in [3.63, 3.8) is 0 Å². The second kappa shape index (κ2) is 5.18. The Bertz CT molecular complexity index is 641. The molecule has 0 unspecified atom stereocenters. The van der Waals surface area contributed by atoms with Crippen molar-refractivity contribution in [3.05, 3.63) is 64.2 Å². The number of carbonyl (C=O) groups is 1. The number of nitrogens with one attached hydrogen (secondary N) is 1. The minimum Gasteiger partial charge on any atom is -0.399 e. The van der Waals surface area contributed by atoms with Crippen LogP contribution in [-0.2, 0) is 0 Å². The lowest BCUT2D eigenvalue weighted by atomic mass is 10.2. The second-order valence-electron chi connectivity index (χ2n) is 3.89. The van der Waals surface area contributed by atoms with Crippen molar-refractivity contribution in [2.45, 2.75) is 0 Å². The lowest BCUT2D eigenvalue weighted by Gasteiger charge is -2.05. The van der Waals surface area contributed by atoms with Gasteiger partial charge in [-0.25, -0.2) is 0 Å². The molecule has 6 nitrogen and oxygen atoms in total. The number of nitro benzene ring substituents is 1. The fraction of sp³-hybridized carbons (Fsp3) is 0. The van der Waals surface area contributed by atoms with E-state index in [1.807, 2.05) is 0 Å². The summed E-state index contributed by atoms with van der Waals surface area (Å²) in [4.78, 5) is 22.0. The monoisotopic (exact) mass is 257 g/mol. The average molecular weight is 257 g/mol. The van der Waals surface area contributed by atoms with E-state index in [0.717, 1.165) is 0 Å². The molecule has 2 rings (SSSR count). The Balaban J connectivity index is 2.19. The predicted octanol–water partition coefficient (Wildman–Crippen LogP) is 2.43. The molecular weight excluding hydrogens is 246 g/mol. The molecule has 0 radical (unpaired) electrons. The van der Waals surface area contributed by atoms with Crippen molar-refractivity contribution in [2.75, 3.05) is 11.1 Å². The third-order valence-corrected chi connectivity index (χ3v) is 2.46. The van der Waals surface area contributed by atoms with Gasteiger partial charge in [0, 0.05) is 29.1 Å². The first-order valence-electron chi connectivity index (χ1n) is 5.47. The number of non-ortho nitro benzene ring substituents is 1. The van der Waals surface area contributed by atoms with E-state index < -0.39 is 4.92 Å². The van der Waals surface area contributed by atoms with Crippen LogP contribution in [0.1, 0.15) is 10.4 Å². The van der Waals surface area contributed by atoms with Gasteiger partial charge < -0.3 is 11.1 Å². The molecule has 0 saturated carbocycles. The SMILES string of the molecule is Nc1cccc(C(=O)Nc2cccc([N+](=O)[O-])c2)c1. The fourth-order valence-electron chi connectivity index (χ4n) is 1.58. The molecule has 96 valence electrons. The summed E-state index contributed by atoms with van der Waals surface area (Å²) in [5.41, 5.74) is 6.74. The first-order chi connectivity index (χ1) is 9.06. The zero-order valence-corrected chi connectivity index (χ0v) is 9.87. The van der Waals surface area contributed by atoms with Crippen LogP contribution in [0.5, 0.6) is 0 Å². The van der Waals surface area contributed by atoms with Crippen LogP contribution in [-0.4, -0.2) is 10.8 Å². The highest BCUT2D eigenvalue weighted by Crippen LogP contribution is 2.18. The zero-order chi connectivity index (χ0) is 13.8. The van der Waals surface area contributed by atoms with Gasteiger partial charge >= 0.3 is 0 Å². The quantitative estimate of drug-likeness (QED) is 0.501. The number of rotatable bonds is 3. The van der Waals surface area contributed by atoms with Crippen LogP contribution in [0, 0.1) is 10.1 Å². The molecule has 0 aliphatic rings. The molecule has 0 aromatic heterocycles. The molecule has 0 fully saturated rings. The normalized spacial score (nSPS) is 9.89. The summed E-state index contributed by atoms with van der Waals surface area (Å²) < 4.78 is 0. The molecular formula is C13H11N3O3. The van der Waals surface area contributed by atoms with Gasteiger partial charge in [-0.3, -0.25) is 14.9 Å². The molecule has 6 heteroatoms. The minimum atomic E-state index is -0.518. The number of carbonyl (C=O) groups excluding carboxylic acids is 1. The van der Waals surface area contributed by atoms with Crippen LogP contribution in [0.4, 0.5) is 17.1 Å². The van der Waals surface area contributed by atoms with Gasteiger partial charge in [0.25, 0.3) is 11.6 Å². The van der Waals surface area contributed by atoms with Crippen molar-refractivity contribution in [1.82, 2.24) is 0 Å². The third kappa shape index (κ3) is 3.06. The number of nitro groups is 1. The number of benzene rings is 2. The summed E-state index contributed by atoms with van der Waals surface area (Å²) in [5.74, 6) is -0.368.